The summed E-state index contributed by atoms with van der Waals surface area (Å²) >= 11 is 12.1. The quantitative estimate of drug-likeness (QED) is 0.803. The highest BCUT2D eigenvalue weighted by atomic mass is 35.5. The van der Waals surface area contributed by atoms with Crippen molar-refractivity contribution in [3.05, 3.63) is 39.4 Å². The highest BCUT2D eigenvalue weighted by Gasteiger charge is 2.28. The molecule has 21 heavy (non-hydrogen) atoms. The molecule has 0 saturated heterocycles. The number of hydrogen-bond donors (Lipinski definition) is 1. The molecular formula is C15H15Cl2NO3. The summed E-state index contributed by atoms with van der Waals surface area (Å²) in [6, 6.07) is 2.99. The van der Waals surface area contributed by atoms with Crippen LogP contribution in [0.3, 0.4) is 0 Å². The molecule has 0 fully saturated rings. The summed E-state index contributed by atoms with van der Waals surface area (Å²) in [5.41, 5.74) is 0.244. The lowest BCUT2D eigenvalue weighted by Crippen LogP contribution is -2.25. The normalized spacial score (nSPS) is 14.7. The molecule has 0 unspecified atom stereocenters. The largest absolute Gasteiger partial charge is 0.456 e. The van der Waals surface area contributed by atoms with E-state index in [2.05, 4.69) is 5.32 Å². The SMILES string of the molecule is CC(C)(C)OC(=O)C1=CCNC(=O)c2cc(Cl)cc(Cl)c21. The number of rotatable bonds is 1. The van der Waals surface area contributed by atoms with Gasteiger partial charge in [0.15, 0.2) is 0 Å². The van der Waals surface area contributed by atoms with Gasteiger partial charge in [-0.25, -0.2) is 4.79 Å². The van der Waals surface area contributed by atoms with E-state index in [4.69, 9.17) is 27.9 Å². The van der Waals surface area contributed by atoms with E-state index in [9.17, 15) is 9.59 Å². The highest BCUT2D eigenvalue weighted by Crippen LogP contribution is 2.33. The average molecular weight is 328 g/mol. The Bertz CT molecular complexity index is 645. The molecule has 0 atom stereocenters. The van der Waals surface area contributed by atoms with E-state index in [0.717, 1.165) is 0 Å². The minimum atomic E-state index is -0.638. The summed E-state index contributed by atoms with van der Waals surface area (Å²) < 4.78 is 5.37. The third-order valence-corrected chi connectivity index (χ3v) is 3.27. The Hall–Kier alpha value is -1.52. The van der Waals surface area contributed by atoms with Crippen molar-refractivity contribution in [1.29, 1.82) is 0 Å². The average Bonchev–Trinajstić information content (AvgIpc) is 2.47. The van der Waals surface area contributed by atoms with Crippen molar-refractivity contribution in [2.75, 3.05) is 6.54 Å². The first kappa shape index (κ1) is 15.9. The van der Waals surface area contributed by atoms with Gasteiger partial charge in [-0.3, -0.25) is 4.79 Å². The van der Waals surface area contributed by atoms with Gasteiger partial charge in [0.2, 0.25) is 0 Å². The van der Waals surface area contributed by atoms with Gasteiger partial charge in [0.05, 0.1) is 16.2 Å². The zero-order valence-corrected chi connectivity index (χ0v) is 13.4. The molecule has 6 heteroatoms. The van der Waals surface area contributed by atoms with Gasteiger partial charge in [0, 0.05) is 17.1 Å². The zero-order valence-electron chi connectivity index (χ0n) is 11.9. The van der Waals surface area contributed by atoms with Crippen LogP contribution in [0.25, 0.3) is 5.57 Å². The van der Waals surface area contributed by atoms with E-state index in [1.165, 1.54) is 12.1 Å². The predicted molar refractivity (Wildman–Crippen MR) is 82.6 cm³/mol. The summed E-state index contributed by atoms with van der Waals surface area (Å²) in [4.78, 5) is 24.4. The number of ether oxygens (including phenoxy) is 1. The minimum absolute atomic E-state index is 0.218. The summed E-state index contributed by atoms with van der Waals surface area (Å²) in [6.45, 7) is 5.54. The van der Waals surface area contributed by atoms with Crippen molar-refractivity contribution in [2.24, 2.45) is 0 Å². The molecule has 1 heterocycles. The Kier molecular flexibility index (Phi) is 4.30. The monoisotopic (exact) mass is 327 g/mol. The number of fused-ring (bicyclic) bond motifs is 1. The van der Waals surface area contributed by atoms with Gasteiger partial charge < -0.3 is 10.1 Å². The van der Waals surface area contributed by atoms with Gasteiger partial charge in [-0.15, -0.1) is 0 Å². The standard InChI is InChI=1S/C15H15Cl2NO3/c1-15(2,3)21-14(20)9-4-5-18-13(19)10-6-8(16)7-11(17)12(9)10/h4,6-7H,5H2,1-3H3,(H,18,19). The third-order valence-electron chi connectivity index (χ3n) is 2.76. The first-order valence-electron chi connectivity index (χ1n) is 6.40. The van der Waals surface area contributed by atoms with Crippen molar-refractivity contribution in [1.82, 2.24) is 5.32 Å². The molecule has 1 aliphatic heterocycles. The lowest BCUT2D eigenvalue weighted by Gasteiger charge is -2.21. The smallest absolute Gasteiger partial charge is 0.339 e. The van der Waals surface area contributed by atoms with Crippen molar-refractivity contribution >= 4 is 40.7 Å². The Balaban J connectivity index is 2.55. The first-order valence-corrected chi connectivity index (χ1v) is 7.16. The van der Waals surface area contributed by atoms with Crippen LogP contribution in [0, 0.1) is 0 Å². The van der Waals surface area contributed by atoms with Crippen LogP contribution in [0.4, 0.5) is 0 Å². The van der Waals surface area contributed by atoms with Gasteiger partial charge in [-0.05, 0) is 32.9 Å². The number of carbonyl (C=O) groups is 2. The summed E-state index contributed by atoms with van der Waals surface area (Å²) in [7, 11) is 0. The molecule has 1 N–H and O–H groups in total. The van der Waals surface area contributed by atoms with Crippen LogP contribution in [0.2, 0.25) is 10.0 Å². The van der Waals surface area contributed by atoms with Crippen molar-refractivity contribution in [3.63, 3.8) is 0 Å². The van der Waals surface area contributed by atoms with Crippen molar-refractivity contribution < 1.29 is 14.3 Å². The van der Waals surface area contributed by atoms with Crippen LogP contribution in [0.1, 0.15) is 36.7 Å². The summed E-state index contributed by atoms with van der Waals surface area (Å²) in [6.07, 6.45) is 1.59. The Morgan fingerprint density at radius 1 is 1.29 bits per heavy atom. The number of benzene rings is 1. The molecule has 0 saturated carbocycles. The second-order valence-electron chi connectivity index (χ2n) is 5.64. The fourth-order valence-corrected chi connectivity index (χ4v) is 2.58. The second-order valence-corrected chi connectivity index (χ2v) is 6.48. The van der Waals surface area contributed by atoms with E-state index < -0.39 is 11.6 Å². The Morgan fingerprint density at radius 2 is 1.95 bits per heavy atom. The number of amides is 1. The molecule has 0 aromatic heterocycles. The van der Waals surface area contributed by atoms with Gasteiger partial charge in [0.25, 0.3) is 5.91 Å². The molecule has 2 rings (SSSR count). The van der Waals surface area contributed by atoms with Crippen LogP contribution in [0.15, 0.2) is 18.2 Å². The topological polar surface area (TPSA) is 55.4 Å². The van der Waals surface area contributed by atoms with Crippen LogP contribution in [-0.4, -0.2) is 24.0 Å². The lowest BCUT2D eigenvalue weighted by molar-refractivity contribution is -0.147. The van der Waals surface area contributed by atoms with Gasteiger partial charge in [-0.2, -0.15) is 0 Å². The molecule has 0 spiro atoms. The number of carbonyl (C=O) groups excluding carboxylic acids is 2. The molecule has 1 amide bonds. The minimum Gasteiger partial charge on any atom is -0.456 e. The maximum Gasteiger partial charge on any atom is 0.339 e. The Morgan fingerprint density at radius 3 is 2.57 bits per heavy atom. The first-order chi connectivity index (χ1) is 9.69. The number of nitrogens with one attached hydrogen (secondary N) is 1. The number of esters is 1. The van der Waals surface area contributed by atoms with E-state index in [1.54, 1.807) is 26.8 Å². The zero-order chi connectivity index (χ0) is 15.8. The maximum atomic E-state index is 12.4. The number of hydrogen-bond acceptors (Lipinski definition) is 3. The molecule has 0 bridgehead atoms. The number of halogens is 2. The fourth-order valence-electron chi connectivity index (χ4n) is 1.99. The lowest BCUT2D eigenvalue weighted by atomic mass is 9.99. The molecule has 1 aromatic carbocycles. The van der Waals surface area contributed by atoms with Crippen LogP contribution in [-0.2, 0) is 9.53 Å². The predicted octanol–water partition coefficient (Wildman–Crippen LogP) is 3.46. The van der Waals surface area contributed by atoms with Gasteiger partial charge >= 0.3 is 5.97 Å². The van der Waals surface area contributed by atoms with E-state index in [1.807, 2.05) is 0 Å². The highest BCUT2D eigenvalue weighted by molar-refractivity contribution is 6.38. The third kappa shape index (κ3) is 3.57. The van der Waals surface area contributed by atoms with Gasteiger partial charge in [-0.1, -0.05) is 29.3 Å². The summed E-state index contributed by atoms with van der Waals surface area (Å²) in [5, 5.41) is 3.24. The summed E-state index contributed by atoms with van der Waals surface area (Å²) in [5.74, 6) is -0.853. The Labute approximate surface area is 133 Å². The van der Waals surface area contributed by atoms with Crippen LogP contribution >= 0.6 is 23.2 Å². The molecule has 112 valence electrons. The fraction of sp³-hybridized carbons (Fsp3) is 0.333. The molecule has 1 aromatic rings. The molecule has 1 aliphatic rings. The molecule has 0 aliphatic carbocycles. The van der Waals surface area contributed by atoms with Crippen molar-refractivity contribution in [3.8, 4) is 0 Å². The molecule has 4 nitrogen and oxygen atoms in total. The van der Waals surface area contributed by atoms with Gasteiger partial charge in [0.1, 0.15) is 5.60 Å². The maximum absolute atomic E-state index is 12.4. The molecular weight excluding hydrogens is 313 g/mol. The van der Waals surface area contributed by atoms with Crippen molar-refractivity contribution in [2.45, 2.75) is 26.4 Å². The molecule has 0 radical (unpaired) electrons. The van der Waals surface area contributed by atoms with E-state index >= 15 is 0 Å². The van der Waals surface area contributed by atoms with Crippen LogP contribution < -0.4 is 5.32 Å². The second kappa shape index (κ2) is 5.70. The van der Waals surface area contributed by atoms with Crippen LogP contribution in [0.5, 0.6) is 0 Å². The van der Waals surface area contributed by atoms with E-state index in [-0.39, 0.29) is 28.6 Å². The van der Waals surface area contributed by atoms with E-state index in [0.29, 0.717) is 10.6 Å².